The second kappa shape index (κ2) is 8.56. The van der Waals surface area contributed by atoms with Gasteiger partial charge < -0.3 is 4.74 Å². The number of hydrogen-bond acceptors (Lipinski definition) is 1. The lowest BCUT2D eigenvalue weighted by Crippen LogP contribution is -2.67. The van der Waals surface area contributed by atoms with Crippen LogP contribution in [-0.4, -0.2) is 15.2 Å². The van der Waals surface area contributed by atoms with Crippen molar-refractivity contribution < 1.29 is 4.74 Å². The molecule has 1 fully saturated rings. The number of ether oxygens (including phenoxy) is 1. The summed E-state index contributed by atoms with van der Waals surface area (Å²) in [4.78, 5) is 0. The summed E-state index contributed by atoms with van der Waals surface area (Å²) < 4.78 is 5.36. The fourth-order valence-corrected chi connectivity index (χ4v) is 10.4. The van der Waals surface area contributed by atoms with Crippen molar-refractivity contribution in [3.63, 3.8) is 0 Å². The van der Waals surface area contributed by atoms with Gasteiger partial charge in [0.15, 0.2) is 0 Å². The monoisotopic (exact) mass is 420 g/mol. The Labute approximate surface area is 186 Å². The van der Waals surface area contributed by atoms with Crippen LogP contribution >= 0.6 is 0 Å². The lowest BCUT2D eigenvalue weighted by atomic mass is 10.1. The maximum atomic E-state index is 5.36. The third-order valence-electron chi connectivity index (χ3n) is 6.83. The van der Waals surface area contributed by atoms with Gasteiger partial charge in [-0.25, -0.2) is 0 Å². The lowest BCUT2D eigenvalue weighted by molar-refractivity contribution is 0.414. The van der Waals surface area contributed by atoms with Gasteiger partial charge in [0.25, 0.3) is 0 Å². The van der Waals surface area contributed by atoms with E-state index in [9.17, 15) is 0 Å². The molecule has 2 heteroatoms. The van der Waals surface area contributed by atoms with Crippen molar-refractivity contribution in [1.82, 2.24) is 0 Å². The highest BCUT2D eigenvalue weighted by atomic mass is 28.3. The van der Waals surface area contributed by atoms with Crippen molar-refractivity contribution in [2.24, 2.45) is 5.92 Å². The smallest absolute Gasteiger partial charge is 0.148 e. The van der Waals surface area contributed by atoms with E-state index in [4.69, 9.17) is 4.74 Å². The van der Waals surface area contributed by atoms with Crippen LogP contribution in [0.3, 0.4) is 0 Å². The molecular formula is C29H28OSi. The van der Waals surface area contributed by atoms with Gasteiger partial charge in [-0.05, 0) is 57.6 Å². The molecule has 1 aliphatic carbocycles. The number of rotatable bonds is 7. The number of benzene rings is 4. The molecule has 1 saturated carbocycles. The number of hydrogen-bond donors (Lipinski definition) is 0. The lowest BCUT2D eigenvalue weighted by Gasteiger charge is -2.34. The summed E-state index contributed by atoms with van der Waals surface area (Å²) in [5.41, 5.74) is 1.45. The summed E-state index contributed by atoms with van der Waals surface area (Å²) in [5, 5.41) is 4.52. The Morgan fingerprint density at radius 1 is 0.645 bits per heavy atom. The maximum Gasteiger partial charge on any atom is 0.148 e. The predicted octanol–water partition coefficient (Wildman–Crippen LogP) is 4.97. The van der Waals surface area contributed by atoms with E-state index >= 15 is 0 Å². The molecule has 1 aliphatic rings. The Kier molecular flexibility index (Phi) is 5.48. The minimum Gasteiger partial charge on any atom is -0.497 e. The third kappa shape index (κ3) is 3.84. The van der Waals surface area contributed by atoms with Gasteiger partial charge in [0.2, 0.25) is 0 Å². The van der Waals surface area contributed by atoms with Crippen LogP contribution in [0.25, 0.3) is 0 Å². The van der Waals surface area contributed by atoms with E-state index in [2.05, 4.69) is 115 Å². The van der Waals surface area contributed by atoms with E-state index in [-0.39, 0.29) is 0 Å². The van der Waals surface area contributed by atoms with Gasteiger partial charge in [-0.2, -0.15) is 0 Å². The summed E-state index contributed by atoms with van der Waals surface area (Å²) in [6, 6.07) is 43.7. The molecule has 0 N–H and O–H groups in total. The molecule has 4 aromatic carbocycles. The van der Waals surface area contributed by atoms with Crippen molar-refractivity contribution in [3.8, 4) is 5.75 Å². The van der Waals surface area contributed by atoms with E-state index in [0.29, 0.717) is 11.8 Å². The topological polar surface area (TPSA) is 9.23 Å². The molecule has 4 aromatic rings. The minimum absolute atomic E-state index is 0.647. The highest BCUT2D eigenvalue weighted by Gasteiger charge is 2.48. The Morgan fingerprint density at radius 2 is 1.10 bits per heavy atom. The standard InChI is InChI=1S/C29H28OSi/c1-30-25-19-17-23(18-20-25)29-21-24(29)22-31(26-11-5-2-6-12-26,27-13-7-3-8-14-27)28-15-9-4-10-16-28/h2-20,24,29H,21-22H2,1H3/t24-,29+/m1/s1. The summed E-state index contributed by atoms with van der Waals surface area (Å²) in [7, 11) is -0.411. The van der Waals surface area contributed by atoms with Crippen LogP contribution in [0.15, 0.2) is 115 Å². The molecule has 0 unspecified atom stereocenters. The van der Waals surface area contributed by atoms with Crippen LogP contribution in [-0.2, 0) is 0 Å². The predicted molar refractivity (Wildman–Crippen MR) is 133 cm³/mol. The summed E-state index contributed by atoms with van der Waals surface area (Å²) in [6.45, 7) is 0. The molecule has 0 amide bonds. The van der Waals surface area contributed by atoms with Gasteiger partial charge in [-0.3, -0.25) is 0 Å². The SMILES string of the molecule is COc1ccc([C@@H]2C[C@@H]2C[Si](c2ccccc2)(c2ccccc2)c2ccccc2)cc1. The van der Waals surface area contributed by atoms with Gasteiger partial charge >= 0.3 is 0 Å². The second-order valence-electron chi connectivity index (χ2n) is 8.58. The van der Waals surface area contributed by atoms with Gasteiger partial charge in [-0.15, -0.1) is 0 Å². The summed E-state index contributed by atoms with van der Waals surface area (Å²) in [5.74, 6) is 2.29. The Balaban J connectivity index is 1.57. The average Bonchev–Trinajstić information content (AvgIpc) is 3.63. The Hall–Kier alpha value is -3.10. The molecule has 0 saturated heterocycles. The first-order valence-electron chi connectivity index (χ1n) is 11.1. The van der Waals surface area contributed by atoms with E-state index in [1.165, 1.54) is 33.6 Å². The van der Waals surface area contributed by atoms with Crippen LogP contribution in [0, 0.1) is 5.92 Å². The third-order valence-corrected chi connectivity index (χ3v) is 11.9. The molecule has 0 heterocycles. The Morgan fingerprint density at radius 3 is 1.52 bits per heavy atom. The van der Waals surface area contributed by atoms with Crippen molar-refractivity contribution in [1.29, 1.82) is 0 Å². The maximum absolute atomic E-state index is 5.36. The second-order valence-corrected chi connectivity index (χ2v) is 12.5. The highest BCUT2D eigenvalue weighted by Crippen LogP contribution is 2.51. The molecule has 31 heavy (non-hydrogen) atoms. The summed E-state index contributed by atoms with van der Waals surface area (Å²) in [6.07, 6.45) is 1.27. The zero-order chi connectivity index (χ0) is 21.1. The normalized spacial score (nSPS) is 17.8. The van der Waals surface area contributed by atoms with Crippen LogP contribution in [0.5, 0.6) is 5.75 Å². The van der Waals surface area contributed by atoms with Crippen LogP contribution < -0.4 is 20.3 Å². The largest absolute Gasteiger partial charge is 0.497 e. The minimum atomic E-state index is -2.14. The quantitative estimate of drug-likeness (QED) is 0.303. The van der Waals surface area contributed by atoms with Gasteiger partial charge in [0.05, 0.1) is 7.11 Å². The molecular weight excluding hydrogens is 392 g/mol. The molecule has 1 nitrogen and oxygen atoms in total. The van der Waals surface area contributed by atoms with Crippen LogP contribution in [0.4, 0.5) is 0 Å². The number of methoxy groups -OCH3 is 1. The molecule has 0 bridgehead atoms. The van der Waals surface area contributed by atoms with Crippen molar-refractivity contribution in [2.75, 3.05) is 7.11 Å². The summed E-state index contributed by atoms with van der Waals surface area (Å²) >= 11 is 0. The molecule has 0 aromatic heterocycles. The first kappa shape index (κ1) is 19.8. The Bertz CT molecular complexity index is 1010. The van der Waals surface area contributed by atoms with Crippen molar-refractivity contribution in [3.05, 3.63) is 121 Å². The fraction of sp³-hybridized carbons (Fsp3) is 0.172. The molecule has 0 aliphatic heterocycles. The van der Waals surface area contributed by atoms with E-state index in [0.717, 1.165) is 5.75 Å². The molecule has 5 rings (SSSR count). The van der Waals surface area contributed by atoms with Crippen LogP contribution in [0.2, 0.25) is 6.04 Å². The zero-order valence-electron chi connectivity index (χ0n) is 17.9. The average molecular weight is 421 g/mol. The van der Waals surface area contributed by atoms with Gasteiger partial charge in [-0.1, -0.05) is 103 Å². The first-order valence-corrected chi connectivity index (χ1v) is 13.3. The van der Waals surface area contributed by atoms with Crippen molar-refractivity contribution >= 4 is 23.6 Å². The first-order chi connectivity index (χ1) is 15.3. The van der Waals surface area contributed by atoms with Gasteiger partial charge in [0, 0.05) is 0 Å². The van der Waals surface area contributed by atoms with Crippen LogP contribution in [0.1, 0.15) is 17.9 Å². The molecule has 2 atom stereocenters. The van der Waals surface area contributed by atoms with E-state index in [1.54, 1.807) is 7.11 Å². The zero-order valence-corrected chi connectivity index (χ0v) is 18.9. The van der Waals surface area contributed by atoms with Gasteiger partial charge in [0.1, 0.15) is 13.8 Å². The van der Waals surface area contributed by atoms with E-state index < -0.39 is 8.07 Å². The molecule has 154 valence electrons. The molecule has 0 radical (unpaired) electrons. The highest BCUT2D eigenvalue weighted by molar-refractivity contribution is 7.11. The fourth-order valence-electron chi connectivity index (χ4n) is 5.15. The van der Waals surface area contributed by atoms with E-state index in [1.807, 2.05) is 0 Å². The van der Waals surface area contributed by atoms with Crippen molar-refractivity contribution in [2.45, 2.75) is 18.4 Å². The molecule has 0 spiro atoms.